The highest BCUT2D eigenvalue weighted by molar-refractivity contribution is 5.88. The number of amides is 1. The molecule has 0 aliphatic carbocycles. The van der Waals surface area contributed by atoms with E-state index < -0.39 is 5.97 Å². The molecule has 0 unspecified atom stereocenters. The number of aromatic carboxylic acids is 1. The summed E-state index contributed by atoms with van der Waals surface area (Å²) in [5, 5.41) is 9.18. The van der Waals surface area contributed by atoms with Crippen molar-refractivity contribution in [2.45, 2.75) is 25.7 Å². The molecule has 1 atom stereocenters. The minimum Gasteiger partial charge on any atom is -0.478 e. The molecule has 2 saturated heterocycles. The number of hydrogen-bond donors (Lipinski definition) is 1. The van der Waals surface area contributed by atoms with Crippen LogP contribution in [0.3, 0.4) is 0 Å². The van der Waals surface area contributed by atoms with Gasteiger partial charge < -0.3 is 14.9 Å². The summed E-state index contributed by atoms with van der Waals surface area (Å²) >= 11 is 0. The minimum absolute atomic E-state index is 0.179. The third-order valence-corrected chi connectivity index (χ3v) is 5.36. The summed E-state index contributed by atoms with van der Waals surface area (Å²) in [6.45, 7) is 3.36. The third-order valence-electron chi connectivity index (χ3n) is 5.36. The first-order valence-electron chi connectivity index (χ1n) is 9.65. The van der Waals surface area contributed by atoms with Crippen molar-refractivity contribution in [3.8, 4) is 11.4 Å². The maximum Gasteiger partial charge on any atom is 0.335 e. The highest BCUT2D eigenvalue weighted by Crippen LogP contribution is 2.24. The van der Waals surface area contributed by atoms with E-state index in [-0.39, 0.29) is 11.5 Å². The van der Waals surface area contributed by atoms with Crippen LogP contribution in [0.1, 0.15) is 36.0 Å². The first-order valence-corrected chi connectivity index (χ1v) is 9.65. The van der Waals surface area contributed by atoms with Gasteiger partial charge in [0, 0.05) is 45.0 Å². The van der Waals surface area contributed by atoms with E-state index in [9.17, 15) is 14.7 Å². The van der Waals surface area contributed by atoms with E-state index in [0.717, 1.165) is 45.4 Å². The van der Waals surface area contributed by atoms with Crippen LogP contribution in [-0.2, 0) is 4.79 Å². The van der Waals surface area contributed by atoms with Gasteiger partial charge in [0.1, 0.15) is 0 Å². The van der Waals surface area contributed by atoms with Gasteiger partial charge in [-0.1, -0.05) is 0 Å². The first-order chi connectivity index (χ1) is 13.6. The fourth-order valence-corrected chi connectivity index (χ4v) is 3.95. The molecule has 28 heavy (non-hydrogen) atoms. The maximum atomic E-state index is 11.9. The zero-order valence-corrected chi connectivity index (χ0v) is 15.6. The van der Waals surface area contributed by atoms with Gasteiger partial charge in [-0.2, -0.15) is 0 Å². The smallest absolute Gasteiger partial charge is 0.335 e. The predicted octanol–water partition coefficient (Wildman–Crippen LogP) is 2.08. The highest BCUT2D eigenvalue weighted by Gasteiger charge is 2.27. The number of nitrogens with zero attached hydrogens (tertiary/aromatic N) is 5. The average molecular weight is 381 g/mol. The maximum absolute atomic E-state index is 11.9. The molecule has 146 valence electrons. The Morgan fingerprint density at radius 1 is 1.14 bits per heavy atom. The number of piperidine rings is 1. The van der Waals surface area contributed by atoms with Crippen LogP contribution in [0.5, 0.6) is 0 Å². The van der Waals surface area contributed by atoms with Crippen molar-refractivity contribution in [3.05, 3.63) is 36.2 Å². The Kier molecular flexibility index (Phi) is 5.18. The molecule has 0 spiro atoms. The van der Waals surface area contributed by atoms with E-state index in [4.69, 9.17) is 0 Å². The SMILES string of the molecule is O=C(O)c1ccnc(-c2ccnc(N3CCC[C@@H](CN4CCCC4=O)C3)n2)c1. The summed E-state index contributed by atoms with van der Waals surface area (Å²) < 4.78 is 0. The zero-order chi connectivity index (χ0) is 19.5. The van der Waals surface area contributed by atoms with E-state index >= 15 is 0 Å². The summed E-state index contributed by atoms with van der Waals surface area (Å²) in [7, 11) is 0. The lowest BCUT2D eigenvalue weighted by molar-refractivity contribution is -0.128. The number of carbonyl (C=O) groups excluding carboxylic acids is 1. The average Bonchev–Trinajstić information content (AvgIpc) is 3.13. The molecule has 1 N–H and O–H groups in total. The molecule has 2 aromatic rings. The second-order valence-electron chi connectivity index (χ2n) is 7.37. The van der Waals surface area contributed by atoms with Crippen molar-refractivity contribution in [2.75, 3.05) is 31.1 Å². The molecule has 8 heteroatoms. The largest absolute Gasteiger partial charge is 0.478 e. The molecule has 2 aliphatic heterocycles. The van der Waals surface area contributed by atoms with Gasteiger partial charge >= 0.3 is 5.97 Å². The number of pyridine rings is 1. The fourth-order valence-electron chi connectivity index (χ4n) is 3.95. The first kappa shape index (κ1) is 18.3. The Labute approximate surface area is 163 Å². The van der Waals surface area contributed by atoms with Crippen LogP contribution in [0, 0.1) is 5.92 Å². The Bertz CT molecular complexity index is 888. The number of rotatable bonds is 5. The lowest BCUT2D eigenvalue weighted by Gasteiger charge is -2.34. The van der Waals surface area contributed by atoms with Gasteiger partial charge in [0.25, 0.3) is 0 Å². The summed E-state index contributed by atoms with van der Waals surface area (Å²) in [4.78, 5) is 40.5. The monoisotopic (exact) mass is 381 g/mol. The second-order valence-corrected chi connectivity index (χ2v) is 7.37. The van der Waals surface area contributed by atoms with E-state index in [0.29, 0.717) is 29.7 Å². The highest BCUT2D eigenvalue weighted by atomic mass is 16.4. The van der Waals surface area contributed by atoms with Crippen molar-refractivity contribution < 1.29 is 14.7 Å². The van der Waals surface area contributed by atoms with E-state index in [1.54, 1.807) is 12.3 Å². The van der Waals surface area contributed by atoms with Gasteiger partial charge in [0.15, 0.2) is 0 Å². The van der Waals surface area contributed by atoms with Gasteiger partial charge in [0.05, 0.1) is 17.0 Å². The van der Waals surface area contributed by atoms with Crippen LogP contribution in [-0.4, -0.2) is 63.0 Å². The topological polar surface area (TPSA) is 99.5 Å². The second kappa shape index (κ2) is 7.92. The minimum atomic E-state index is -0.992. The Morgan fingerprint density at radius 3 is 2.79 bits per heavy atom. The van der Waals surface area contributed by atoms with Crippen molar-refractivity contribution in [1.29, 1.82) is 0 Å². The molecule has 1 amide bonds. The molecule has 4 rings (SSSR count). The van der Waals surface area contributed by atoms with Crippen LogP contribution >= 0.6 is 0 Å². The summed E-state index contributed by atoms with van der Waals surface area (Å²) in [6.07, 6.45) is 6.92. The van der Waals surface area contributed by atoms with Crippen LogP contribution in [0.2, 0.25) is 0 Å². The lowest BCUT2D eigenvalue weighted by atomic mass is 9.97. The van der Waals surface area contributed by atoms with Crippen LogP contribution in [0.4, 0.5) is 5.95 Å². The zero-order valence-electron chi connectivity index (χ0n) is 15.6. The van der Waals surface area contributed by atoms with Gasteiger partial charge in [0.2, 0.25) is 11.9 Å². The van der Waals surface area contributed by atoms with Crippen molar-refractivity contribution >= 4 is 17.8 Å². The predicted molar refractivity (Wildman–Crippen MR) is 103 cm³/mol. The number of carboxylic acids is 1. The normalized spacial score (nSPS) is 19.9. The molecular weight excluding hydrogens is 358 g/mol. The molecule has 2 aliphatic rings. The Hall–Kier alpha value is -3.03. The molecule has 0 aromatic carbocycles. The summed E-state index contributed by atoms with van der Waals surface area (Å²) in [6, 6.07) is 4.72. The van der Waals surface area contributed by atoms with Gasteiger partial charge in [-0.15, -0.1) is 0 Å². The molecular formula is C20H23N5O3. The molecule has 0 saturated carbocycles. The number of likely N-dealkylation sites (tertiary alicyclic amines) is 1. The molecule has 2 fully saturated rings. The number of aromatic nitrogens is 3. The Balaban J connectivity index is 1.50. The number of carbonyl (C=O) groups is 2. The van der Waals surface area contributed by atoms with Gasteiger partial charge in [-0.3, -0.25) is 9.78 Å². The quantitative estimate of drug-likeness (QED) is 0.846. The summed E-state index contributed by atoms with van der Waals surface area (Å²) in [5.41, 5.74) is 1.29. The van der Waals surface area contributed by atoms with Crippen LogP contribution < -0.4 is 4.90 Å². The van der Waals surface area contributed by atoms with Crippen molar-refractivity contribution in [1.82, 2.24) is 19.9 Å². The fraction of sp³-hybridized carbons (Fsp3) is 0.450. The molecule has 0 radical (unpaired) electrons. The summed E-state index contributed by atoms with van der Waals surface area (Å²) in [5.74, 6) is 0.307. The van der Waals surface area contributed by atoms with Gasteiger partial charge in [-0.05, 0) is 43.4 Å². The van der Waals surface area contributed by atoms with Crippen molar-refractivity contribution in [3.63, 3.8) is 0 Å². The molecule has 2 aromatic heterocycles. The molecule has 0 bridgehead atoms. The van der Waals surface area contributed by atoms with E-state index in [2.05, 4.69) is 19.9 Å². The van der Waals surface area contributed by atoms with Crippen LogP contribution in [0.15, 0.2) is 30.6 Å². The van der Waals surface area contributed by atoms with E-state index in [1.807, 2.05) is 4.90 Å². The molecule has 4 heterocycles. The lowest BCUT2D eigenvalue weighted by Crippen LogP contribution is -2.42. The van der Waals surface area contributed by atoms with E-state index in [1.165, 1.54) is 18.3 Å². The van der Waals surface area contributed by atoms with Crippen LogP contribution in [0.25, 0.3) is 11.4 Å². The number of hydrogen-bond acceptors (Lipinski definition) is 6. The number of carboxylic acid groups (broad SMARTS) is 1. The molecule has 8 nitrogen and oxygen atoms in total. The standard InChI is InChI=1S/C20H23N5O3/c26-18-4-2-9-24(18)12-14-3-1-10-25(13-14)20-22-8-6-16(23-20)17-11-15(19(27)28)5-7-21-17/h5-8,11,14H,1-4,9-10,12-13H2,(H,27,28)/t14-/m0/s1. The third kappa shape index (κ3) is 3.95. The Morgan fingerprint density at radius 2 is 2.00 bits per heavy atom. The van der Waals surface area contributed by atoms with Crippen molar-refractivity contribution in [2.24, 2.45) is 5.92 Å². The number of anilines is 1. The van der Waals surface area contributed by atoms with Gasteiger partial charge in [-0.25, -0.2) is 14.8 Å².